The molecule has 2 aliphatic rings. The van der Waals surface area contributed by atoms with Crippen LogP contribution in [-0.4, -0.2) is 29.8 Å². The van der Waals surface area contributed by atoms with E-state index in [1.54, 1.807) is 6.07 Å². The zero-order valence-electron chi connectivity index (χ0n) is 17.8. The van der Waals surface area contributed by atoms with Gasteiger partial charge in [0.25, 0.3) is 0 Å². The number of carbonyl (C=O) groups is 2. The van der Waals surface area contributed by atoms with Crippen LogP contribution >= 0.6 is 0 Å². The lowest BCUT2D eigenvalue weighted by molar-refractivity contribution is -0.138. The fourth-order valence-electron chi connectivity index (χ4n) is 5.32. The second kappa shape index (κ2) is 7.48. The van der Waals surface area contributed by atoms with Gasteiger partial charge in [0, 0.05) is 17.7 Å². The van der Waals surface area contributed by atoms with Gasteiger partial charge in [0.2, 0.25) is 0 Å². The SMILES string of the molecule is O=C(O)[C@@H]1Cc2cccc3cccc(c23)N1C(=O)OCC1c2ccccc2-c2ccccc21. The Morgan fingerprint density at radius 1 is 0.848 bits per heavy atom. The molecule has 5 nitrogen and oxygen atoms in total. The van der Waals surface area contributed by atoms with Crippen molar-refractivity contribution in [2.75, 3.05) is 11.5 Å². The van der Waals surface area contributed by atoms with Crippen LogP contribution in [0, 0.1) is 0 Å². The van der Waals surface area contributed by atoms with Gasteiger partial charge >= 0.3 is 12.1 Å². The third-order valence-corrected chi connectivity index (χ3v) is 6.77. The number of carboxylic acids is 1. The Bertz CT molecular complexity index is 1380. The second-order valence-electron chi connectivity index (χ2n) is 8.52. The molecule has 1 amide bonds. The molecule has 1 atom stereocenters. The number of amides is 1. The number of carbonyl (C=O) groups excluding carboxylic acids is 1. The van der Waals surface area contributed by atoms with Crippen LogP contribution < -0.4 is 4.90 Å². The Morgan fingerprint density at radius 2 is 1.48 bits per heavy atom. The third-order valence-electron chi connectivity index (χ3n) is 6.77. The van der Waals surface area contributed by atoms with E-state index < -0.39 is 18.1 Å². The van der Waals surface area contributed by atoms with Crippen LogP contribution in [-0.2, 0) is 16.0 Å². The van der Waals surface area contributed by atoms with E-state index in [9.17, 15) is 14.7 Å². The van der Waals surface area contributed by atoms with Crippen LogP contribution in [0.4, 0.5) is 10.5 Å². The average molecular weight is 435 g/mol. The molecule has 0 saturated carbocycles. The van der Waals surface area contributed by atoms with Crippen LogP contribution in [0.3, 0.4) is 0 Å². The molecule has 0 unspecified atom stereocenters. The molecule has 0 spiro atoms. The van der Waals surface area contributed by atoms with Crippen molar-refractivity contribution in [2.24, 2.45) is 0 Å². The quantitative estimate of drug-likeness (QED) is 0.455. The molecule has 0 fully saturated rings. The molecule has 33 heavy (non-hydrogen) atoms. The number of anilines is 1. The molecule has 1 heterocycles. The number of hydrogen-bond acceptors (Lipinski definition) is 3. The third kappa shape index (κ3) is 3.00. The minimum absolute atomic E-state index is 0.0857. The number of benzene rings is 4. The van der Waals surface area contributed by atoms with E-state index in [1.165, 1.54) is 4.90 Å². The van der Waals surface area contributed by atoms with Crippen molar-refractivity contribution >= 4 is 28.5 Å². The van der Waals surface area contributed by atoms with Gasteiger partial charge in [-0.25, -0.2) is 9.59 Å². The Balaban J connectivity index is 1.35. The van der Waals surface area contributed by atoms with Gasteiger partial charge in [0.05, 0.1) is 5.69 Å². The fourth-order valence-corrected chi connectivity index (χ4v) is 5.32. The smallest absolute Gasteiger partial charge is 0.415 e. The van der Waals surface area contributed by atoms with E-state index in [2.05, 4.69) is 24.3 Å². The van der Waals surface area contributed by atoms with Crippen LogP contribution in [0.25, 0.3) is 21.9 Å². The van der Waals surface area contributed by atoms with Crippen LogP contribution in [0.2, 0.25) is 0 Å². The molecule has 0 aromatic heterocycles. The number of aliphatic carboxylic acids is 1. The summed E-state index contributed by atoms with van der Waals surface area (Å²) in [4.78, 5) is 26.8. The highest BCUT2D eigenvalue weighted by Gasteiger charge is 2.38. The van der Waals surface area contributed by atoms with Gasteiger partial charge in [-0.2, -0.15) is 0 Å². The highest BCUT2D eigenvalue weighted by molar-refractivity contribution is 6.08. The van der Waals surface area contributed by atoms with Crippen molar-refractivity contribution < 1.29 is 19.4 Å². The maximum atomic E-state index is 13.4. The summed E-state index contributed by atoms with van der Waals surface area (Å²) >= 11 is 0. The van der Waals surface area contributed by atoms with Gasteiger partial charge in [-0.15, -0.1) is 0 Å². The summed E-state index contributed by atoms with van der Waals surface area (Å²) in [7, 11) is 0. The summed E-state index contributed by atoms with van der Waals surface area (Å²) < 4.78 is 5.83. The molecule has 0 radical (unpaired) electrons. The van der Waals surface area contributed by atoms with Gasteiger partial charge in [-0.3, -0.25) is 4.90 Å². The van der Waals surface area contributed by atoms with Crippen LogP contribution in [0.15, 0.2) is 84.9 Å². The van der Waals surface area contributed by atoms with Crippen LogP contribution in [0.1, 0.15) is 22.6 Å². The van der Waals surface area contributed by atoms with Crippen molar-refractivity contribution in [1.82, 2.24) is 0 Å². The molecule has 4 aromatic carbocycles. The molecule has 1 aliphatic heterocycles. The standard InChI is InChI=1S/C28H21NO4/c30-27(31)25-15-18-9-5-7-17-8-6-14-24(26(17)18)29(25)28(32)33-16-23-21-12-3-1-10-19(21)20-11-2-4-13-22(20)23/h1-14,23,25H,15-16H2,(H,30,31)/t25-/m0/s1. The number of nitrogens with zero attached hydrogens (tertiary/aromatic N) is 1. The lowest BCUT2D eigenvalue weighted by Crippen LogP contribution is -2.49. The first-order valence-electron chi connectivity index (χ1n) is 11.0. The van der Waals surface area contributed by atoms with Crippen molar-refractivity contribution in [1.29, 1.82) is 0 Å². The van der Waals surface area contributed by atoms with Crippen molar-refractivity contribution in [3.63, 3.8) is 0 Å². The predicted molar refractivity (Wildman–Crippen MR) is 127 cm³/mol. The monoisotopic (exact) mass is 435 g/mol. The highest BCUT2D eigenvalue weighted by atomic mass is 16.6. The Kier molecular flexibility index (Phi) is 4.44. The Labute approximate surface area is 190 Å². The zero-order valence-corrected chi connectivity index (χ0v) is 17.8. The van der Waals surface area contributed by atoms with E-state index in [1.807, 2.05) is 54.6 Å². The normalized spacial score (nSPS) is 16.4. The maximum absolute atomic E-state index is 13.4. The Morgan fingerprint density at radius 3 is 2.15 bits per heavy atom. The largest absolute Gasteiger partial charge is 0.480 e. The van der Waals surface area contributed by atoms with Gasteiger partial charge in [0.1, 0.15) is 12.6 Å². The summed E-state index contributed by atoms with van der Waals surface area (Å²) in [6.45, 7) is 0.146. The number of carboxylic acid groups (broad SMARTS) is 1. The first-order chi connectivity index (χ1) is 16.1. The average Bonchev–Trinajstić information content (AvgIpc) is 3.16. The first-order valence-corrected chi connectivity index (χ1v) is 11.0. The molecule has 5 heteroatoms. The maximum Gasteiger partial charge on any atom is 0.415 e. The Hall–Kier alpha value is -4.12. The van der Waals surface area contributed by atoms with Gasteiger partial charge in [0.15, 0.2) is 0 Å². The van der Waals surface area contributed by atoms with E-state index >= 15 is 0 Å². The molecule has 1 N–H and O–H groups in total. The topological polar surface area (TPSA) is 66.8 Å². The fraction of sp³-hybridized carbons (Fsp3) is 0.143. The summed E-state index contributed by atoms with van der Waals surface area (Å²) in [5.74, 6) is -1.13. The summed E-state index contributed by atoms with van der Waals surface area (Å²) in [6.07, 6.45) is -0.389. The molecule has 6 rings (SSSR count). The summed E-state index contributed by atoms with van der Waals surface area (Å²) in [5, 5.41) is 11.8. The number of hydrogen-bond donors (Lipinski definition) is 1. The first kappa shape index (κ1) is 19.6. The molecule has 0 bridgehead atoms. The number of fused-ring (bicyclic) bond motifs is 3. The molecule has 0 saturated heterocycles. The minimum Gasteiger partial charge on any atom is -0.480 e. The van der Waals surface area contributed by atoms with E-state index in [0.717, 1.165) is 38.6 Å². The highest BCUT2D eigenvalue weighted by Crippen LogP contribution is 2.45. The van der Waals surface area contributed by atoms with E-state index in [-0.39, 0.29) is 18.9 Å². The van der Waals surface area contributed by atoms with Crippen LogP contribution in [0.5, 0.6) is 0 Å². The molecule has 1 aliphatic carbocycles. The summed E-state index contributed by atoms with van der Waals surface area (Å²) in [5.41, 5.74) is 6.04. The molecular formula is C28H21NO4. The van der Waals surface area contributed by atoms with Crippen molar-refractivity contribution in [2.45, 2.75) is 18.4 Å². The van der Waals surface area contributed by atoms with Gasteiger partial charge in [-0.1, -0.05) is 78.9 Å². The lowest BCUT2D eigenvalue weighted by atomic mass is 9.92. The van der Waals surface area contributed by atoms with Crippen molar-refractivity contribution in [3.05, 3.63) is 102 Å². The van der Waals surface area contributed by atoms with E-state index in [4.69, 9.17) is 4.74 Å². The molecular weight excluding hydrogens is 414 g/mol. The van der Waals surface area contributed by atoms with Crippen molar-refractivity contribution in [3.8, 4) is 11.1 Å². The van der Waals surface area contributed by atoms with Gasteiger partial charge in [-0.05, 0) is 39.3 Å². The molecule has 4 aromatic rings. The van der Waals surface area contributed by atoms with Gasteiger partial charge < -0.3 is 9.84 Å². The second-order valence-corrected chi connectivity index (χ2v) is 8.52. The van der Waals surface area contributed by atoms with E-state index in [0.29, 0.717) is 5.69 Å². The minimum atomic E-state index is -1.05. The number of rotatable bonds is 3. The number of ether oxygens (including phenoxy) is 1. The summed E-state index contributed by atoms with van der Waals surface area (Å²) in [6, 6.07) is 26.7. The lowest BCUT2D eigenvalue weighted by Gasteiger charge is -2.34. The molecule has 162 valence electrons. The predicted octanol–water partition coefficient (Wildman–Crippen LogP) is 5.60. The zero-order chi connectivity index (χ0) is 22.5.